The van der Waals surface area contributed by atoms with Crippen molar-refractivity contribution in [3.05, 3.63) is 155 Å². The van der Waals surface area contributed by atoms with Crippen molar-refractivity contribution in [3.63, 3.8) is 0 Å². The molecule has 0 radical (unpaired) electrons. The molecule has 6 nitrogen and oxygen atoms in total. The lowest BCUT2D eigenvalue weighted by Gasteiger charge is -2.12. The Morgan fingerprint density at radius 2 is 1.20 bits per heavy atom. The number of anilines is 2. The van der Waals surface area contributed by atoms with E-state index in [0.29, 0.717) is 22.0 Å². The van der Waals surface area contributed by atoms with Crippen molar-refractivity contribution >= 4 is 58.5 Å². The largest absolute Gasteiger partial charge is 0.325 e. The fourth-order valence-corrected chi connectivity index (χ4v) is 5.05. The Morgan fingerprint density at radius 3 is 1.86 bits per heavy atom. The minimum Gasteiger partial charge on any atom is -0.325 e. The molecule has 0 saturated carbocycles. The van der Waals surface area contributed by atoms with Crippen molar-refractivity contribution in [3.8, 4) is 11.1 Å². The average Bonchev–Trinajstić information content (AvgIpc) is 3.06. The van der Waals surface area contributed by atoms with E-state index in [1.54, 1.807) is 66.7 Å². The van der Waals surface area contributed by atoms with E-state index in [0.717, 1.165) is 21.6 Å². The Morgan fingerprint density at radius 1 is 0.636 bits per heavy atom. The standard InChI is InChI=1S/C36H28ClN3O3S/c37-29-15-17-30(18-16-29)38-34(41)24-44-32-21-19-31(20-22-32)39-36(43)33(40-35(42)28-9-5-2-6-10-28)23-25-11-13-27(14-12-25)26-7-3-1-4-8-26/h1-23H,24H2,(H,38,41)(H,39,43)(H,40,42)/b33-23-. The van der Waals surface area contributed by atoms with Crippen LogP contribution >= 0.6 is 23.4 Å². The van der Waals surface area contributed by atoms with E-state index in [4.69, 9.17) is 11.6 Å². The van der Waals surface area contributed by atoms with Crippen LogP contribution in [0.2, 0.25) is 5.02 Å². The number of carbonyl (C=O) groups excluding carboxylic acids is 3. The van der Waals surface area contributed by atoms with Crippen LogP contribution in [-0.4, -0.2) is 23.5 Å². The lowest BCUT2D eigenvalue weighted by molar-refractivity contribution is -0.114. The van der Waals surface area contributed by atoms with Gasteiger partial charge in [-0.15, -0.1) is 11.8 Å². The van der Waals surface area contributed by atoms with Gasteiger partial charge in [0.1, 0.15) is 5.70 Å². The van der Waals surface area contributed by atoms with Crippen LogP contribution in [0.5, 0.6) is 0 Å². The molecule has 0 unspecified atom stereocenters. The lowest BCUT2D eigenvalue weighted by atomic mass is 10.0. The monoisotopic (exact) mass is 617 g/mol. The number of nitrogens with one attached hydrogen (secondary N) is 3. The van der Waals surface area contributed by atoms with Gasteiger partial charge in [-0.2, -0.15) is 0 Å². The molecule has 44 heavy (non-hydrogen) atoms. The molecule has 5 aromatic rings. The minimum absolute atomic E-state index is 0.101. The van der Waals surface area contributed by atoms with Crippen molar-refractivity contribution in [2.45, 2.75) is 4.90 Å². The van der Waals surface area contributed by atoms with Crippen molar-refractivity contribution < 1.29 is 14.4 Å². The number of amides is 3. The highest BCUT2D eigenvalue weighted by molar-refractivity contribution is 8.00. The van der Waals surface area contributed by atoms with Gasteiger partial charge in [-0.3, -0.25) is 14.4 Å². The summed E-state index contributed by atoms with van der Waals surface area (Å²) in [5.74, 6) is -0.786. The van der Waals surface area contributed by atoms with Gasteiger partial charge >= 0.3 is 0 Å². The normalized spacial score (nSPS) is 11.0. The van der Waals surface area contributed by atoms with Crippen LogP contribution in [0.25, 0.3) is 17.2 Å². The van der Waals surface area contributed by atoms with Gasteiger partial charge in [0.2, 0.25) is 5.91 Å². The molecule has 5 rings (SSSR count). The highest BCUT2D eigenvalue weighted by atomic mass is 35.5. The molecule has 5 aromatic carbocycles. The first-order valence-electron chi connectivity index (χ1n) is 13.8. The Kier molecular flexibility index (Phi) is 10.3. The van der Waals surface area contributed by atoms with Gasteiger partial charge in [0, 0.05) is 26.9 Å². The molecular formula is C36H28ClN3O3S. The maximum absolute atomic E-state index is 13.4. The third-order valence-electron chi connectivity index (χ3n) is 6.47. The molecule has 0 fully saturated rings. The summed E-state index contributed by atoms with van der Waals surface area (Å²) in [5.41, 5.74) is 4.64. The topological polar surface area (TPSA) is 87.3 Å². The zero-order valence-corrected chi connectivity index (χ0v) is 25.1. The third kappa shape index (κ3) is 8.70. The molecular weight excluding hydrogens is 590 g/mol. The second-order valence-electron chi connectivity index (χ2n) is 9.69. The molecule has 0 aliphatic carbocycles. The lowest BCUT2D eigenvalue weighted by Crippen LogP contribution is -2.30. The van der Waals surface area contributed by atoms with Crippen molar-refractivity contribution in [1.82, 2.24) is 5.32 Å². The predicted molar refractivity (Wildman–Crippen MR) is 180 cm³/mol. The maximum atomic E-state index is 13.4. The Balaban J connectivity index is 1.26. The smallest absolute Gasteiger partial charge is 0.272 e. The van der Waals surface area contributed by atoms with Crippen molar-refractivity contribution in [2.75, 3.05) is 16.4 Å². The van der Waals surface area contributed by atoms with Crippen LogP contribution in [-0.2, 0) is 9.59 Å². The van der Waals surface area contributed by atoms with Crippen LogP contribution in [0.4, 0.5) is 11.4 Å². The second kappa shape index (κ2) is 14.9. The Bertz CT molecular complexity index is 1760. The van der Waals surface area contributed by atoms with E-state index < -0.39 is 11.8 Å². The summed E-state index contributed by atoms with van der Waals surface area (Å²) < 4.78 is 0. The van der Waals surface area contributed by atoms with Crippen LogP contribution in [0.3, 0.4) is 0 Å². The highest BCUT2D eigenvalue weighted by Gasteiger charge is 2.15. The van der Waals surface area contributed by atoms with E-state index >= 15 is 0 Å². The van der Waals surface area contributed by atoms with Gasteiger partial charge < -0.3 is 16.0 Å². The molecule has 0 aliphatic rings. The molecule has 0 aliphatic heterocycles. The molecule has 3 amide bonds. The first-order chi connectivity index (χ1) is 21.4. The fourth-order valence-electron chi connectivity index (χ4n) is 4.22. The minimum atomic E-state index is -0.468. The van der Waals surface area contributed by atoms with Gasteiger partial charge in [-0.1, -0.05) is 84.4 Å². The maximum Gasteiger partial charge on any atom is 0.272 e. The third-order valence-corrected chi connectivity index (χ3v) is 7.73. The average molecular weight is 618 g/mol. The number of thioether (sulfide) groups is 1. The fraction of sp³-hybridized carbons (Fsp3) is 0.0278. The summed E-state index contributed by atoms with van der Waals surface area (Å²) in [4.78, 5) is 39.6. The van der Waals surface area contributed by atoms with Crippen LogP contribution in [0.15, 0.2) is 144 Å². The van der Waals surface area contributed by atoms with E-state index in [9.17, 15) is 14.4 Å². The molecule has 0 spiro atoms. The summed E-state index contributed by atoms with van der Waals surface area (Å²) in [6.45, 7) is 0. The van der Waals surface area contributed by atoms with E-state index in [1.165, 1.54) is 11.8 Å². The summed E-state index contributed by atoms with van der Waals surface area (Å²) in [7, 11) is 0. The molecule has 0 heterocycles. The summed E-state index contributed by atoms with van der Waals surface area (Å²) in [6.07, 6.45) is 1.65. The summed E-state index contributed by atoms with van der Waals surface area (Å²) in [5, 5.41) is 9.07. The van der Waals surface area contributed by atoms with E-state index in [1.807, 2.05) is 72.8 Å². The van der Waals surface area contributed by atoms with Crippen LogP contribution in [0, 0.1) is 0 Å². The van der Waals surface area contributed by atoms with Gasteiger partial charge in [0.25, 0.3) is 11.8 Å². The zero-order chi connectivity index (χ0) is 30.7. The SMILES string of the molecule is O=C(CSc1ccc(NC(=O)/C(=C/c2ccc(-c3ccccc3)cc2)NC(=O)c2ccccc2)cc1)Nc1ccc(Cl)cc1. The number of hydrogen-bond acceptors (Lipinski definition) is 4. The molecule has 8 heteroatoms. The number of halogens is 1. The Hall–Kier alpha value is -5.11. The molecule has 0 aromatic heterocycles. The second-order valence-corrected chi connectivity index (χ2v) is 11.2. The van der Waals surface area contributed by atoms with Gasteiger partial charge in [0.05, 0.1) is 5.75 Å². The Labute approximate surface area is 265 Å². The number of carbonyl (C=O) groups is 3. The summed E-state index contributed by atoms with van der Waals surface area (Å²) >= 11 is 7.27. The van der Waals surface area contributed by atoms with Crippen molar-refractivity contribution in [2.24, 2.45) is 0 Å². The number of benzene rings is 5. The van der Waals surface area contributed by atoms with E-state index in [-0.39, 0.29) is 17.4 Å². The molecule has 0 bridgehead atoms. The van der Waals surface area contributed by atoms with E-state index in [2.05, 4.69) is 16.0 Å². The first kappa shape index (κ1) is 30.4. The van der Waals surface area contributed by atoms with Crippen LogP contribution < -0.4 is 16.0 Å². The number of rotatable bonds is 10. The van der Waals surface area contributed by atoms with Crippen molar-refractivity contribution in [1.29, 1.82) is 0 Å². The molecule has 0 saturated heterocycles. The van der Waals surface area contributed by atoms with Crippen LogP contribution in [0.1, 0.15) is 15.9 Å². The zero-order valence-electron chi connectivity index (χ0n) is 23.5. The quantitative estimate of drug-likeness (QED) is 0.109. The van der Waals surface area contributed by atoms with Gasteiger partial charge in [-0.05, 0) is 83.4 Å². The first-order valence-corrected chi connectivity index (χ1v) is 15.1. The highest BCUT2D eigenvalue weighted by Crippen LogP contribution is 2.23. The van der Waals surface area contributed by atoms with Gasteiger partial charge in [0.15, 0.2) is 0 Å². The molecule has 3 N–H and O–H groups in total. The molecule has 218 valence electrons. The number of hydrogen-bond donors (Lipinski definition) is 3. The predicted octanol–water partition coefficient (Wildman–Crippen LogP) is 8.15. The van der Waals surface area contributed by atoms with Gasteiger partial charge in [-0.25, -0.2) is 0 Å². The molecule has 0 atom stereocenters. The summed E-state index contributed by atoms with van der Waals surface area (Å²) in [6, 6.07) is 40.5.